The third-order valence-corrected chi connectivity index (χ3v) is 6.08. The van der Waals surface area contributed by atoms with Gasteiger partial charge in [-0.1, -0.05) is 72.8 Å². The van der Waals surface area contributed by atoms with E-state index in [-0.39, 0.29) is 30.2 Å². The van der Waals surface area contributed by atoms with Crippen molar-refractivity contribution in [2.45, 2.75) is 31.7 Å². The van der Waals surface area contributed by atoms with Gasteiger partial charge in [-0.3, -0.25) is 24.3 Å². The molecule has 2 amide bonds. The van der Waals surface area contributed by atoms with Gasteiger partial charge in [0.1, 0.15) is 0 Å². The highest BCUT2D eigenvalue weighted by atomic mass is 16.5. The van der Waals surface area contributed by atoms with Crippen LogP contribution in [-0.2, 0) is 9.53 Å². The molecule has 35 heavy (non-hydrogen) atoms. The maximum absolute atomic E-state index is 12.6. The Labute approximate surface area is 205 Å². The van der Waals surface area contributed by atoms with E-state index in [1.54, 1.807) is 24.3 Å². The monoisotopic (exact) mass is 468 g/mol. The summed E-state index contributed by atoms with van der Waals surface area (Å²) >= 11 is 0. The molecule has 0 N–H and O–H groups in total. The molecule has 1 unspecified atom stereocenters. The first-order chi connectivity index (χ1) is 17.1. The predicted octanol–water partition coefficient (Wildman–Crippen LogP) is 4.92. The van der Waals surface area contributed by atoms with Crippen molar-refractivity contribution in [2.75, 3.05) is 13.7 Å². The van der Waals surface area contributed by atoms with Gasteiger partial charge in [0, 0.05) is 17.7 Å². The fourth-order valence-electron chi connectivity index (χ4n) is 4.27. The minimum absolute atomic E-state index is 0.159. The average Bonchev–Trinajstić information content (AvgIpc) is 3.15. The molecule has 0 aromatic heterocycles. The molecule has 3 aromatic rings. The lowest BCUT2D eigenvalue weighted by Crippen LogP contribution is -2.30. The SMILES string of the molecule is COC(=O)CC(CCCCN1C(=O)c2ccccc2C1=O)N=C(c1ccccc1)c1ccccc1. The van der Waals surface area contributed by atoms with Gasteiger partial charge in [0.05, 0.1) is 36.4 Å². The minimum atomic E-state index is -0.320. The lowest BCUT2D eigenvalue weighted by molar-refractivity contribution is -0.141. The Morgan fingerprint density at radius 2 is 1.31 bits per heavy atom. The molecule has 0 fully saturated rings. The summed E-state index contributed by atoms with van der Waals surface area (Å²) in [4.78, 5) is 43.7. The zero-order valence-electron chi connectivity index (χ0n) is 19.7. The van der Waals surface area contributed by atoms with Crippen LogP contribution in [0.2, 0.25) is 0 Å². The van der Waals surface area contributed by atoms with E-state index in [4.69, 9.17) is 9.73 Å². The van der Waals surface area contributed by atoms with Crippen LogP contribution in [0.5, 0.6) is 0 Å². The van der Waals surface area contributed by atoms with Crippen molar-refractivity contribution in [3.05, 3.63) is 107 Å². The lowest BCUT2D eigenvalue weighted by atomic mass is 10.0. The van der Waals surface area contributed by atoms with Gasteiger partial charge in [0.25, 0.3) is 11.8 Å². The first-order valence-corrected chi connectivity index (χ1v) is 11.8. The molecule has 6 heteroatoms. The minimum Gasteiger partial charge on any atom is -0.469 e. The normalized spacial score (nSPS) is 13.3. The van der Waals surface area contributed by atoms with Crippen LogP contribution < -0.4 is 0 Å². The number of ether oxygens (including phenoxy) is 1. The van der Waals surface area contributed by atoms with Crippen molar-refractivity contribution in [3.63, 3.8) is 0 Å². The molecular weight excluding hydrogens is 440 g/mol. The highest BCUT2D eigenvalue weighted by Gasteiger charge is 2.34. The molecule has 0 bridgehead atoms. The molecule has 1 heterocycles. The number of amides is 2. The van der Waals surface area contributed by atoms with E-state index in [0.717, 1.165) is 16.8 Å². The van der Waals surface area contributed by atoms with Crippen molar-refractivity contribution in [3.8, 4) is 0 Å². The molecule has 6 nitrogen and oxygen atoms in total. The van der Waals surface area contributed by atoms with E-state index in [1.807, 2.05) is 60.7 Å². The third-order valence-electron chi connectivity index (χ3n) is 6.08. The number of esters is 1. The Hall–Kier alpha value is -4.06. The Morgan fingerprint density at radius 3 is 1.83 bits per heavy atom. The van der Waals surface area contributed by atoms with Gasteiger partial charge in [-0.2, -0.15) is 0 Å². The number of imide groups is 1. The number of benzene rings is 3. The van der Waals surface area contributed by atoms with Gasteiger partial charge in [-0.15, -0.1) is 0 Å². The molecule has 1 atom stereocenters. The Morgan fingerprint density at radius 1 is 0.800 bits per heavy atom. The highest BCUT2D eigenvalue weighted by Crippen LogP contribution is 2.23. The maximum atomic E-state index is 12.6. The number of hydrogen-bond donors (Lipinski definition) is 0. The number of rotatable bonds is 10. The fourth-order valence-corrected chi connectivity index (χ4v) is 4.27. The van der Waals surface area contributed by atoms with Gasteiger partial charge in [0.15, 0.2) is 0 Å². The first-order valence-electron chi connectivity index (χ1n) is 11.8. The second kappa shape index (κ2) is 11.4. The third kappa shape index (κ3) is 5.72. The molecule has 4 rings (SSSR count). The van der Waals surface area contributed by atoms with Crippen molar-refractivity contribution in [1.82, 2.24) is 4.90 Å². The summed E-state index contributed by atoms with van der Waals surface area (Å²) in [6.07, 6.45) is 2.12. The largest absolute Gasteiger partial charge is 0.469 e. The Bertz CT molecular complexity index is 1150. The quantitative estimate of drug-likeness (QED) is 0.183. The van der Waals surface area contributed by atoms with E-state index in [2.05, 4.69) is 0 Å². The number of carbonyl (C=O) groups excluding carboxylic acids is 3. The molecule has 0 saturated carbocycles. The summed E-state index contributed by atoms with van der Waals surface area (Å²) in [5.41, 5.74) is 3.68. The second-order valence-corrected chi connectivity index (χ2v) is 8.45. The van der Waals surface area contributed by atoms with Gasteiger partial charge >= 0.3 is 5.97 Å². The summed E-state index contributed by atoms with van der Waals surface area (Å²) in [6, 6.07) is 26.4. The van der Waals surface area contributed by atoms with Crippen LogP contribution in [0, 0.1) is 0 Å². The Kier molecular flexibility index (Phi) is 7.83. The Balaban J connectivity index is 1.47. The number of fused-ring (bicyclic) bond motifs is 1. The van der Waals surface area contributed by atoms with E-state index in [9.17, 15) is 14.4 Å². The van der Waals surface area contributed by atoms with Crippen LogP contribution in [0.1, 0.15) is 57.5 Å². The number of nitrogens with zero attached hydrogens (tertiary/aromatic N) is 2. The van der Waals surface area contributed by atoms with E-state index in [1.165, 1.54) is 12.0 Å². The van der Waals surface area contributed by atoms with Gasteiger partial charge in [-0.25, -0.2) is 0 Å². The van der Waals surface area contributed by atoms with Crippen molar-refractivity contribution >= 4 is 23.5 Å². The average molecular weight is 469 g/mol. The first kappa shape index (κ1) is 24.1. The molecule has 1 aliphatic heterocycles. The van der Waals surface area contributed by atoms with Crippen LogP contribution in [-0.4, -0.2) is 48.1 Å². The molecule has 3 aromatic carbocycles. The predicted molar refractivity (Wildman–Crippen MR) is 135 cm³/mol. The summed E-state index contributed by atoms with van der Waals surface area (Å²) in [7, 11) is 1.38. The number of unbranched alkanes of at least 4 members (excludes halogenated alkanes) is 1. The van der Waals surface area contributed by atoms with Crippen LogP contribution in [0.4, 0.5) is 0 Å². The van der Waals surface area contributed by atoms with Crippen LogP contribution >= 0.6 is 0 Å². The van der Waals surface area contributed by atoms with Crippen LogP contribution in [0.25, 0.3) is 0 Å². The molecule has 0 radical (unpaired) electrons. The van der Waals surface area contributed by atoms with Crippen molar-refractivity contribution in [1.29, 1.82) is 0 Å². The van der Waals surface area contributed by atoms with E-state index < -0.39 is 0 Å². The van der Waals surface area contributed by atoms with Gasteiger partial charge in [-0.05, 0) is 31.4 Å². The number of hydrogen-bond acceptors (Lipinski definition) is 5. The zero-order chi connectivity index (χ0) is 24.6. The van der Waals surface area contributed by atoms with Gasteiger partial charge < -0.3 is 4.74 Å². The second-order valence-electron chi connectivity index (χ2n) is 8.45. The molecule has 1 aliphatic rings. The topological polar surface area (TPSA) is 76.0 Å². The summed E-state index contributed by atoms with van der Waals surface area (Å²) in [6.45, 7) is 0.339. The van der Waals surface area contributed by atoms with Crippen molar-refractivity contribution < 1.29 is 19.1 Å². The number of methoxy groups -OCH3 is 1. The molecule has 0 saturated heterocycles. The van der Waals surface area contributed by atoms with Crippen LogP contribution in [0.15, 0.2) is 89.9 Å². The smallest absolute Gasteiger partial charge is 0.307 e. The summed E-state index contributed by atoms with van der Waals surface area (Å²) in [5, 5.41) is 0. The molecule has 0 spiro atoms. The highest BCUT2D eigenvalue weighted by molar-refractivity contribution is 6.21. The maximum Gasteiger partial charge on any atom is 0.307 e. The fraction of sp³-hybridized carbons (Fsp3) is 0.241. The standard InChI is InChI=1S/C29H28N2O4/c1-35-26(32)20-23(30-27(21-12-4-2-5-13-21)22-14-6-3-7-15-22)16-10-11-19-31-28(33)24-17-8-9-18-25(24)29(31)34/h2-9,12-15,17-18,23H,10-11,16,19-20H2,1H3. The van der Waals surface area contributed by atoms with Gasteiger partial charge in [0.2, 0.25) is 0 Å². The summed E-state index contributed by atoms with van der Waals surface area (Å²) in [5.74, 6) is -0.810. The molecule has 0 aliphatic carbocycles. The zero-order valence-corrected chi connectivity index (χ0v) is 19.7. The van der Waals surface area contributed by atoms with Crippen molar-refractivity contribution in [2.24, 2.45) is 4.99 Å². The molecular formula is C29H28N2O4. The van der Waals surface area contributed by atoms with E-state index >= 15 is 0 Å². The van der Waals surface area contributed by atoms with E-state index in [0.29, 0.717) is 36.9 Å². The number of carbonyl (C=O) groups is 3. The molecule has 178 valence electrons. The lowest BCUT2D eigenvalue weighted by Gasteiger charge is -2.17. The van der Waals surface area contributed by atoms with Crippen LogP contribution in [0.3, 0.4) is 0 Å². The number of aliphatic imine (C=N–C) groups is 1. The summed E-state index contributed by atoms with van der Waals surface area (Å²) < 4.78 is 4.92.